The number of aromatic nitrogens is 1. The highest BCUT2D eigenvalue weighted by Crippen LogP contribution is 2.21. The van der Waals surface area contributed by atoms with Crippen LogP contribution in [0.1, 0.15) is 23.2 Å². The normalized spacial score (nSPS) is 17.8. The lowest BCUT2D eigenvalue weighted by Crippen LogP contribution is -2.50. The first-order valence-corrected chi connectivity index (χ1v) is 7.89. The highest BCUT2D eigenvalue weighted by atomic mass is 32.1. The Bertz CT molecular complexity index is 752. The van der Waals surface area contributed by atoms with Crippen LogP contribution in [0, 0.1) is 0 Å². The minimum Gasteiger partial charge on any atom is -0.354 e. The van der Waals surface area contributed by atoms with E-state index in [4.69, 9.17) is 0 Å². The number of carbonyl (C=O) groups is 2. The van der Waals surface area contributed by atoms with Crippen LogP contribution in [-0.4, -0.2) is 29.4 Å². The molecule has 3 rings (SSSR count). The van der Waals surface area contributed by atoms with Crippen LogP contribution in [0.25, 0.3) is 10.6 Å². The molecular formula is C15H15N3O3S. The van der Waals surface area contributed by atoms with E-state index in [1.54, 1.807) is 6.07 Å². The maximum absolute atomic E-state index is 12.2. The van der Waals surface area contributed by atoms with Gasteiger partial charge in [-0.2, -0.15) is 0 Å². The fourth-order valence-electron chi connectivity index (χ4n) is 2.37. The fourth-order valence-corrected chi connectivity index (χ4v) is 3.08. The molecule has 1 aliphatic rings. The van der Waals surface area contributed by atoms with Crippen LogP contribution in [0.15, 0.2) is 34.4 Å². The van der Waals surface area contributed by atoms with E-state index in [0.29, 0.717) is 18.7 Å². The van der Waals surface area contributed by atoms with Gasteiger partial charge in [0, 0.05) is 6.54 Å². The molecule has 22 heavy (non-hydrogen) atoms. The van der Waals surface area contributed by atoms with Crippen molar-refractivity contribution in [3.8, 4) is 10.6 Å². The van der Waals surface area contributed by atoms with Gasteiger partial charge in [0.25, 0.3) is 11.5 Å². The molecule has 114 valence electrons. The number of nitrogens with one attached hydrogen (secondary N) is 3. The summed E-state index contributed by atoms with van der Waals surface area (Å²) in [6.07, 6.45) is 1.40. The molecule has 0 saturated carbocycles. The summed E-state index contributed by atoms with van der Waals surface area (Å²) in [6, 6.07) is 6.40. The first kappa shape index (κ1) is 14.5. The van der Waals surface area contributed by atoms with E-state index < -0.39 is 17.5 Å². The number of amides is 2. The summed E-state index contributed by atoms with van der Waals surface area (Å²) < 4.78 is 0. The summed E-state index contributed by atoms with van der Waals surface area (Å²) in [4.78, 5) is 39.5. The zero-order valence-electron chi connectivity index (χ0n) is 11.7. The Kier molecular flexibility index (Phi) is 4.06. The van der Waals surface area contributed by atoms with Crippen LogP contribution in [0.5, 0.6) is 0 Å². The third kappa shape index (κ3) is 2.94. The predicted octanol–water partition coefficient (Wildman–Crippen LogP) is 1.11. The molecule has 1 fully saturated rings. The molecule has 1 unspecified atom stereocenters. The van der Waals surface area contributed by atoms with Gasteiger partial charge in [0.15, 0.2) is 0 Å². The summed E-state index contributed by atoms with van der Waals surface area (Å²) in [6.45, 7) is 0.626. The SMILES string of the molecule is O=C(NC1CCCNC1=O)c1ccc(-c2cccs2)[nH]c1=O. The van der Waals surface area contributed by atoms with Gasteiger partial charge < -0.3 is 15.6 Å². The van der Waals surface area contributed by atoms with E-state index >= 15 is 0 Å². The zero-order chi connectivity index (χ0) is 15.5. The lowest BCUT2D eigenvalue weighted by atomic mass is 10.1. The number of pyridine rings is 1. The second-order valence-corrected chi connectivity index (χ2v) is 6.00. The van der Waals surface area contributed by atoms with Gasteiger partial charge in [-0.3, -0.25) is 14.4 Å². The van der Waals surface area contributed by atoms with Crippen molar-refractivity contribution in [2.75, 3.05) is 6.54 Å². The summed E-state index contributed by atoms with van der Waals surface area (Å²) >= 11 is 1.50. The van der Waals surface area contributed by atoms with Gasteiger partial charge in [0.05, 0.1) is 10.6 Å². The van der Waals surface area contributed by atoms with E-state index in [9.17, 15) is 14.4 Å². The fraction of sp³-hybridized carbons (Fsp3) is 0.267. The van der Waals surface area contributed by atoms with Gasteiger partial charge in [0.1, 0.15) is 11.6 Å². The topological polar surface area (TPSA) is 91.1 Å². The second kappa shape index (κ2) is 6.15. The van der Waals surface area contributed by atoms with Crippen molar-refractivity contribution in [3.05, 3.63) is 45.6 Å². The molecule has 0 spiro atoms. The number of carbonyl (C=O) groups excluding carboxylic acids is 2. The standard InChI is InChI=1S/C15H15N3O3S/c19-13-9(5-6-10(17-13)12-4-2-8-22-12)14(20)18-11-3-1-7-16-15(11)21/h2,4-6,8,11H,1,3,7H2,(H,16,21)(H,17,19)(H,18,20). The van der Waals surface area contributed by atoms with Crippen LogP contribution in [0.4, 0.5) is 0 Å². The molecule has 1 saturated heterocycles. The number of piperidine rings is 1. The molecule has 0 bridgehead atoms. The number of hydrogen-bond acceptors (Lipinski definition) is 4. The van der Waals surface area contributed by atoms with Gasteiger partial charge in [-0.1, -0.05) is 6.07 Å². The Morgan fingerprint density at radius 1 is 1.27 bits per heavy atom. The predicted molar refractivity (Wildman–Crippen MR) is 83.9 cm³/mol. The first-order valence-electron chi connectivity index (χ1n) is 7.01. The van der Waals surface area contributed by atoms with Crippen molar-refractivity contribution < 1.29 is 9.59 Å². The molecule has 0 aromatic carbocycles. The molecule has 1 aliphatic heterocycles. The maximum Gasteiger partial charge on any atom is 0.261 e. The lowest BCUT2D eigenvalue weighted by molar-refractivity contribution is -0.124. The van der Waals surface area contributed by atoms with E-state index in [2.05, 4.69) is 15.6 Å². The first-order chi connectivity index (χ1) is 10.6. The van der Waals surface area contributed by atoms with Crippen LogP contribution in [-0.2, 0) is 4.79 Å². The molecular weight excluding hydrogens is 302 g/mol. The number of hydrogen-bond donors (Lipinski definition) is 3. The van der Waals surface area contributed by atoms with Gasteiger partial charge in [-0.05, 0) is 36.4 Å². The molecule has 3 N–H and O–H groups in total. The largest absolute Gasteiger partial charge is 0.354 e. The Balaban J connectivity index is 1.78. The third-order valence-electron chi connectivity index (χ3n) is 3.53. The van der Waals surface area contributed by atoms with Gasteiger partial charge in [0.2, 0.25) is 5.91 Å². The zero-order valence-corrected chi connectivity index (χ0v) is 12.5. The van der Waals surface area contributed by atoms with Gasteiger partial charge >= 0.3 is 0 Å². The maximum atomic E-state index is 12.2. The van der Waals surface area contributed by atoms with Crippen LogP contribution in [0.2, 0.25) is 0 Å². The lowest BCUT2D eigenvalue weighted by Gasteiger charge is -2.22. The number of H-pyrrole nitrogens is 1. The van der Waals surface area contributed by atoms with Crippen molar-refractivity contribution in [3.63, 3.8) is 0 Å². The van der Waals surface area contributed by atoms with Crippen molar-refractivity contribution in [1.82, 2.24) is 15.6 Å². The number of rotatable bonds is 3. The van der Waals surface area contributed by atoms with Gasteiger partial charge in [-0.15, -0.1) is 11.3 Å². The molecule has 1 atom stereocenters. The summed E-state index contributed by atoms with van der Waals surface area (Å²) in [7, 11) is 0. The summed E-state index contributed by atoms with van der Waals surface area (Å²) in [5.41, 5.74) is 0.227. The van der Waals surface area contributed by atoms with Crippen LogP contribution >= 0.6 is 11.3 Å². The molecule has 0 radical (unpaired) electrons. The Labute approximate surface area is 130 Å². The number of thiophene rings is 1. The monoisotopic (exact) mass is 317 g/mol. The average molecular weight is 317 g/mol. The van der Waals surface area contributed by atoms with Crippen LogP contribution in [0.3, 0.4) is 0 Å². The summed E-state index contributed by atoms with van der Waals surface area (Å²) in [5.74, 6) is -0.729. The average Bonchev–Trinajstić information content (AvgIpc) is 3.03. The van der Waals surface area contributed by atoms with Crippen molar-refractivity contribution in [2.45, 2.75) is 18.9 Å². The van der Waals surface area contributed by atoms with Crippen LogP contribution < -0.4 is 16.2 Å². The Morgan fingerprint density at radius 2 is 2.14 bits per heavy atom. The Hall–Kier alpha value is -2.41. The molecule has 0 aliphatic carbocycles. The van der Waals surface area contributed by atoms with Crippen molar-refractivity contribution >= 4 is 23.2 Å². The van der Waals surface area contributed by atoms with Crippen molar-refractivity contribution in [2.24, 2.45) is 0 Å². The molecule has 2 aromatic rings. The van der Waals surface area contributed by atoms with E-state index in [1.807, 2.05) is 17.5 Å². The molecule has 6 nitrogen and oxygen atoms in total. The highest BCUT2D eigenvalue weighted by molar-refractivity contribution is 7.13. The molecule has 3 heterocycles. The second-order valence-electron chi connectivity index (χ2n) is 5.05. The highest BCUT2D eigenvalue weighted by Gasteiger charge is 2.24. The molecule has 7 heteroatoms. The number of aromatic amines is 1. The third-order valence-corrected chi connectivity index (χ3v) is 4.43. The van der Waals surface area contributed by atoms with E-state index in [0.717, 1.165) is 11.3 Å². The molecule has 2 amide bonds. The smallest absolute Gasteiger partial charge is 0.261 e. The van der Waals surface area contributed by atoms with E-state index in [1.165, 1.54) is 17.4 Å². The minimum atomic E-state index is -0.572. The van der Waals surface area contributed by atoms with Crippen molar-refractivity contribution in [1.29, 1.82) is 0 Å². The molecule has 2 aromatic heterocycles. The van der Waals surface area contributed by atoms with E-state index in [-0.39, 0.29) is 11.5 Å². The summed E-state index contributed by atoms with van der Waals surface area (Å²) in [5, 5.41) is 7.22. The minimum absolute atomic E-state index is 0.0127. The quantitative estimate of drug-likeness (QED) is 0.792. The Morgan fingerprint density at radius 3 is 2.82 bits per heavy atom. The van der Waals surface area contributed by atoms with Gasteiger partial charge in [-0.25, -0.2) is 0 Å².